The lowest BCUT2D eigenvalue weighted by molar-refractivity contribution is 0.339. The van der Waals surface area contributed by atoms with Crippen LogP contribution in [0.4, 0.5) is 5.69 Å². The molecule has 0 amide bonds. The van der Waals surface area contributed by atoms with Crippen molar-refractivity contribution in [3.05, 3.63) is 59.7 Å². The summed E-state index contributed by atoms with van der Waals surface area (Å²) in [5, 5.41) is 5.93. The van der Waals surface area contributed by atoms with E-state index in [1.165, 1.54) is 5.56 Å². The first-order valence-corrected chi connectivity index (χ1v) is 8.13. The number of nitrogens with zero attached hydrogens (tertiary/aromatic N) is 1. The lowest BCUT2D eigenvalue weighted by Crippen LogP contribution is -2.45. The van der Waals surface area contributed by atoms with E-state index in [-0.39, 0.29) is 0 Å². The molecule has 0 radical (unpaired) electrons. The number of thiocarbonyl (C=S) groups is 1. The zero-order valence-electron chi connectivity index (χ0n) is 13.6. The van der Waals surface area contributed by atoms with Crippen molar-refractivity contribution < 1.29 is 4.74 Å². The molecule has 23 heavy (non-hydrogen) atoms. The van der Waals surface area contributed by atoms with Gasteiger partial charge in [0.05, 0.1) is 12.3 Å². The molecule has 0 bridgehead atoms. The predicted molar refractivity (Wildman–Crippen MR) is 97.5 cm³/mol. The molecule has 1 aliphatic rings. The zero-order chi connectivity index (χ0) is 16.4. The molecule has 2 aromatic rings. The van der Waals surface area contributed by atoms with Crippen LogP contribution in [0.5, 0.6) is 5.75 Å². The molecule has 2 aromatic carbocycles. The average molecular weight is 327 g/mol. The van der Waals surface area contributed by atoms with Crippen molar-refractivity contribution in [3.63, 3.8) is 0 Å². The summed E-state index contributed by atoms with van der Waals surface area (Å²) in [5.41, 5.74) is 6.34. The van der Waals surface area contributed by atoms with Gasteiger partial charge < -0.3 is 10.1 Å². The second kappa shape index (κ2) is 6.18. The third-order valence-corrected chi connectivity index (χ3v) is 4.21. The summed E-state index contributed by atoms with van der Waals surface area (Å²) in [5.74, 6) is 0.871. The first kappa shape index (κ1) is 15.8. The summed E-state index contributed by atoms with van der Waals surface area (Å²) < 4.78 is 5.50. The molecule has 4 nitrogen and oxygen atoms in total. The standard InChI is InChI=1S/C18H21N3OS/c1-4-22-16-11-7-14(8-12-16)18(3)19-17(23)21(20-18)15-9-5-13(2)6-10-15/h5-12,20H,4H2,1-3H3,(H,19,23). The predicted octanol–water partition coefficient (Wildman–Crippen LogP) is 3.47. The number of hydrogen-bond acceptors (Lipinski definition) is 3. The lowest BCUT2D eigenvalue weighted by atomic mass is 10.0. The van der Waals surface area contributed by atoms with E-state index >= 15 is 0 Å². The molecule has 5 heteroatoms. The van der Waals surface area contributed by atoms with Crippen LogP contribution in [0.1, 0.15) is 25.0 Å². The molecule has 2 N–H and O–H groups in total. The normalized spacial score (nSPS) is 20.5. The quantitative estimate of drug-likeness (QED) is 0.841. The van der Waals surface area contributed by atoms with Crippen molar-refractivity contribution in [3.8, 4) is 5.75 Å². The monoisotopic (exact) mass is 327 g/mol. The average Bonchev–Trinajstić information content (AvgIpc) is 2.85. The van der Waals surface area contributed by atoms with Crippen molar-refractivity contribution in [2.45, 2.75) is 26.4 Å². The van der Waals surface area contributed by atoms with Crippen LogP contribution in [0.15, 0.2) is 48.5 Å². The molecule has 0 saturated carbocycles. The van der Waals surface area contributed by atoms with E-state index in [2.05, 4.69) is 48.9 Å². The second-order valence-corrected chi connectivity index (χ2v) is 6.18. The Morgan fingerprint density at radius 2 is 1.74 bits per heavy atom. The largest absolute Gasteiger partial charge is 0.494 e. The van der Waals surface area contributed by atoms with Crippen LogP contribution in [0.3, 0.4) is 0 Å². The highest BCUT2D eigenvalue weighted by atomic mass is 32.1. The minimum Gasteiger partial charge on any atom is -0.494 e. The van der Waals surface area contributed by atoms with Gasteiger partial charge in [-0.25, -0.2) is 5.01 Å². The van der Waals surface area contributed by atoms with E-state index in [0.29, 0.717) is 11.7 Å². The van der Waals surface area contributed by atoms with Crippen LogP contribution in [0.25, 0.3) is 0 Å². The van der Waals surface area contributed by atoms with Crippen molar-refractivity contribution in [1.82, 2.24) is 10.7 Å². The Kier molecular flexibility index (Phi) is 4.24. The number of hydrazine groups is 1. The van der Waals surface area contributed by atoms with Gasteiger partial charge in [0.2, 0.25) is 0 Å². The number of nitrogens with one attached hydrogen (secondary N) is 2. The number of hydrogen-bond donors (Lipinski definition) is 2. The molecule has 1 fully saturated rings. The number of benzene rings is 2. The fraction of sp³-hybridized carbons (Fsp3) is 0.278. The van der Waals surface area contributed by atoms with Gasteiger partial charge in [0, 0.05) is 0 Å². The van der Waals surface area contributed by atoms with Gasteiger partial charge in [0.15, 0.2) is 5.11 Å². The summed E-state index contributed by atoms with van der Waals surface area (Å²) in [6.45, 7) is 6.79. The summed E-state index contributed by atoms with van der Waals surface area (Å²) in [7, 11) is 0. The van der Waals surface area contributed by atoms with E-state index in [1.807, 2.05) is 36.2 Å². The Morgan fingerprint density at radius 1 is 1.09 bits per heavy atom. The molecule has 1 saturated heterocycles. The third-order valence-electron chi connectivity index (χ3n) is 3.93. The molecule has 1 unspecified atom stereocenters. The van der Waals surface area contributed by atoms with Gasteiger partial charge in [-0.2, -0.15) is 5.43 Å². The van der Waals surface area contributed by atoms with Gasteiger partial charge in [-0.05, 0) is 62.8 Å². The molecule has 0 spiro atoms. The van der Waals surface area contributed by atoms with E-state index in [1.54, 1.807) is 0 Å². The number of anilines is 1. The summed E-state index contributed by atoms with van der Waals surface area (Å²) in [6, 6.07) is 16.3. The van der Waals surface area contributed by atoms with Crippen LogP contribution in [-0.4, -0.2) is 11.7 Å². The molecule has 0 aromatic heterocycles. The number of ether oxygens (including phenoxy) is 1. The fourth-order valence-corrected chi connectivity index (χ4v) is 2.99. The van der Waals surface area contributed by atoms with Gasteiger partial charge in [-0.15, -0.1) is 0 Å². The van der Waals surface area contributed by atoms with Crippen molar-refractivity contribution in [1.29, 1.82) is 0 Å². The Labute approximate surface area is 142 Å². The van der Waals surface area contributed by atoms with Gasteiger partial charge in [0.25, 0.3) is 0 Å². The topological polar surface area (TPSA) is 36.5 Å². The zero-order valence-corrected chi connectivity index (χ0v) is 14.4. The minimum atomic E-state index is -0.452. The molecule has 1 aliphatic heterocycles. The van der Waals surface area contributed by atoms with Gasteiger partial charge in [-0.1, -0.05) is 29.8 Å². The molecular formula is C18H21N3OS. The maximum absolute atomic E-state index is 5.50. The van der Waals surface area contributed by atoms with Gasteiger partial charge in [-0.3, -0.25) is 0 Å². The molecule has 1 heterocycles. The Bertz CT molecular complexity index is 699. The maximum Gasteiger partial charge on any atom is 0.190 e. The van der Waals surface area contributed by atoms with Crippen molar-refractivity contribution in [2.75, 3.05) is 11.6 Å². The lowest BCUT2D eigenvalue weighted by Gasteiger charge is -2.26. The molecule has 1 atom stereocenters. The SMILES string of the molecule is CCOc1ccc(C2(C)NC(=S)N(c3ccc(C)cc3)N2)cc1. The van der Waals surface area contributed by atoms with Gasteiger partial charge in [0.1, 0.15) is 11.4 Å². The van der Waals surface area contributed by atoms with Crippen molar-refractivity contribution in [2.24, 2.45) is 0 Å². The molecular weight excluding hydrogens is 306 g/mol. The van der Waals surface area contributed by atoms with Crippen LogP contribution in [-0.2, 0) is 5.66 Å². The van der Waals surface area contributed by atoms with Gasteiger partial charge >= 0.3 is 0 Å². The third kappa shape index (κ3) is 3.16. The number of aryl methyl sites for hydroxylation is 1. The number of rotatable bonds is 4. The first-order valence-electron chi connectivity index (χ1n) is 7.72. The van der Waals surface area contributed by atoms with Crippen molar-refractivity contribution >= 4 is 23.0 Å². The summed E-state index contributed by atoms with van der Waals surface area (Å²) >= 11 is 5.50. The summed E-state index contributed by atoms with van der Waals surface area (Å²) in [6.07, 6.45) is 0. The maximum atomic E-state index is 5.50. The minimum absolute atomic E-state index is 0.452. The first-order chi connectivity index (χ1) is 11.0. The van der Waals surface area contributed by atoms with Crippen LogP contribution in [0.2, 0.25) is 0 Å². The highest BCUT2D eigenvalue weighted by Gasteiger charge is 2.38. The molecule has 0 aliphatic carbocycles. The van der Waals surface area contributed by atoms with E-state index in [0.717, 1.165) is 17.0 Å². The van der Waals surface area contributed by atoms with Crippen LogP contribution in [0, 0.1) is 6.92 Å². The molecule has 3 rings (SSSR count). The highest BCUT2D eigenvalue weighted by Crippen LogP contribution is 2.28. The van der Waals surface area contributed by atoms with E-state index < -0.39 is 5.66 Å². The van der Waals surface area contributed by atoms with E-state index in [9.17, 15) is 0 Å². The van der Waals surface area contributed by atoms with Crippen LogP contribution >= 0.6 is 12.2 Å². The summed E-state index contributed by atoms with van der Waals surface area (Å²) in [4.78, 5) is 0. The van der Waals surface area contributed by atoms with Crippen LogP contribution < -0.4 is 20.5 Å². The Balaban J connectivity index is 1.83. The Morgan fingerprint density at radius 3 is 2.35 bits per heavy atom. The van der Waals surface area contributed by atoms with E-state index in [4.69, 9.17) is 17.0 Å². The second-order valence-electron chi connectivity index (χ2n) is 5.80. The highest BCUT2D eigenvalue weighted by molar-refractivity contribution is 7.80. The smallest absolute Gasteiger partial charge is 0.190 e. The fourth-order valence-electron chi connectivity index (χ4n) is 2.64. The molecule has 120 valence electrons. The Hall–Kier alpha value is -2.11.